The second-order valence-corrected chi connectivity index (χ2v) is 6.49. The van der Waals surface area contributed by atoms with Gasteiger partial charge in [-0.05, 0) is 55.4 Å². The Labute approximate surface area is 137 Å². The lowest BCUT2D eigenvalue weighted by molar-refractivity contribution is -0.122. The summed E-state index contributed by atoms with van der Waals surface area (Å²) in [6.45, 7) is 7.79. The van der Waals surface area contributed by atoms with Crippen molar-refractivity contribution >= 4 is 17.3 Å². The van der Waals surface area contributed by atoms with Crippen molar-refractivity contribution in [1.82, 2.24) is 0 Å². The Morgan fingerprint density at radius 3 is 2.48 bits per heavy atom. The summed E-state index contributed by atoms with van der Waals surface area (Å²) in [6, 6.07) is 2.01. The maximum Gasteiger partial charge on any atom is 0.170 e. The molecule has 1 unspecified atom stereocenters. The molecule has 124 valence electrons. The summed E-state index contributed by atoms with van der Waals surface area (Å²) in [7, 11) is 0. The van der Waals surface area contributed by atoms with Gasteiger partial charge in [-0.1, -0.05) is 13.0 Å². The van der Waals surface area contributed by atoms with Crippen LogP contribution in [-0.2, 0) is 9.59 Å². The minimum Gasteiger partial charge on any atom is -0.511 e. The summed E-state index contributed by atoms with van der Waals surface area (Å²) in [6.07, 6.45) is 1.53. The van der Waals surface area contributed by atoms with Gasteiger partial charge in [0.05, 0.1) is 5.57 Å². The third-order valence-corrected chi connectivity index (χ3v) is 4.69. The van der Waals surface area contributed by atoms with Crippen LogP contribution in [0, 0.1) is 20.8 Å². The van der Waals surface area contributed by atoms with Crippen molar-refractivity contribution in [2.75, 3.05) is 5.73 Å². The normalized spacial score (nSPS) is 18.4. The minimum absolute atomic E-state index is 0.0125. The number of Topliss-reactive ketones (excluding diaryl/α,β-unsaturated/α-hetero) is 2. The SMILES string of the molecule is CCCC(=O)C1=C(O)CC(c2c(C)cc(C)c(N)c2C)CC1=O. The van der Waals surface area contributed by atoms with Crippen molar-refractivity contribution < 1.29 is 14.7 Å². The van der Waals surface area contributed by atoms with Crippen LogP contribution in [0.3, 0.4) is 0 Å². The van der Waals surface area contributed by atoms with Gasteiger partial charge in [-0.3, -0.25) is 9.59 Å². The molecule has 1 aliphatic rings. The zero-order chi connectivity index (χ0) is 17.3. The van der Waals surface area contributed by atoms with Gasteiger partial charge in [0.1, 0.15) is 5.76 Å². The zero-order valence-corrected chi connectivity index (χ0v) is 14.3. The monoisotopic (exact) mass is 315 g/mol. The predicted octanol–water partition coefficient (Wildman–Crippen LogP) is 3.82. The van der Waals surface area contributed by atoms with Crippen molar-refractivity contribution in [1.29, 1.82) is 0 Å². The molecule has 0 amide bonds. The first kappa shape index (κ1) is 17.3. The van der Waals surface area contributed by atoms with Gasteiger partial charge in [0.15, 0.2) is 11.6 Å². The van der Waals surface area contributed by atoms with E-state index >= 15 is 0 Å². The molecule has 1 aliphatic carbocycles. The highest BCUT2D eigenvalue weighted by atomic mass is 16.3. The van der Waals surface area contributed by atoms with E-state index in [-0.39, 0.29) is 35.2 Å². The standard InChI is InChI=1S/C19H25NO3/c1-5-6-14(21)18-15(22)8-13(9-16(18)23)17-10(2)7-11(3)19(20)12(17)4/h7,13,22H,5-6,8-9,20H2,1-4H3. The van der Waals surface area contributed by atoms with E-state index in [0.717, 1.165) is 27.9 Å². The van der Waals surface area contributed by atoms with Crippen LogP contribution in [0.15, 0.2) is 17.4 Å². The predicted molar refractivity (Wildman–Crippen MR) is 91.6 cm³/mol. The lowest BCUT2D eigenvalue weighted by Crippen LogP contribution is -2.24. The van der Waals surface area contributed by atoms with Crippen molar-refractivity contribution in [3.05, 3.63) is 39.7 Å². The summed E-state index contributed by atoms with van der Waals surface area (Å²) in [5.74, 6) is -0.688. The van der Waals surface area contributed by atoms with E-state index < -0.39 is 0 Å². The summed E-state index contributed by atoms with van der Waals surface area (Å²) in [5.41, 5.74) is 11.0. The average molecular weight is 315 g/mol. The van der Waals surface area contributed by atoms with Crippen LogP contribution in [0.25, 0.3) is 0 Å². The number of aryl methyl sites for hydroxylation is 2. The number of ketones is 2. The maximum atomic E-state index is 12.4. The lowest BCUT2D eigenvalue weighted by Gasteiger charge is -2.27. The number of hydrogen-bond acceptors (Lipinski definition) is 4. The molecule has 0 aromatic heterocycles. The minimum atomic E-state index is -0.254. The number of aliphatic hydroxyl groups is 1. The summed E-state index contributed by atoms with van der Waals surface area (Å²) in [5, 5.41) is 10.3. The van der Waals surface area contributed by atoms with Crippen LogP contribution in [0.2, 0.25) is 0 Å². The number of allylic oxidation sites excluding steroid dienone is 2. The van der Waals surface area contributed by atoms with Gasteiger partial charge in [0.25, 0.3) is 0 Å². The van der Waals surface area contributed by atoms with Crippen LogP contribution < -0.4 is 5.73 Å². The van der Waals surface area contributed by atoms with Crippen LogP contribution in [0.5, 0.6) is 0 Å². The number of aliphatic hydroxyl groups excluding tert-OH is 1. The Kier molecular flexibility index (Phi) is 4.93. The molecular formula is C19H25NO3. The van der Waals surface area contributed by atoms with Crippen LogP contribution >= 0.6 is 0 Å². The van der Waals surface area contributed by atoms with E-state index in [1.54, 1.807) is 0 Å². The van der Waals surface area contributed by atoms with Gasteiger partial charge in [-0.2, -0.15) is 0 Å². The molecule has 0 bridgehead atoms. The van der Waals surface area contributed by atoms with Crippen molar-refractivity contribution in [2.45, 2.75) is 59.3 Å². The van der Waals surface area contributed by atoms with E-state index in [1.807, 2.05) is 33.8 Å². The number of hydrogen-bond donors (Lipinski definition) is 2. The molecule has 0 spiro atoms. The Morgan fingerprint density at radius 1 is 1.26 bits per heavy atom. The molecule has 1 aromatic carbocycles. The molecule has 0 saturated heterocycles. The molecular weight excluding hydrogens is 290 g/mol. The first-order valence-corrected chi connectivity index (χ1v) is 8.12. The zero-order valence-electron chi connectivity index (χ0n) is 14.3. The fourth-order valence-electron chi connectivity index (χ4n) is 3.61. The van der Waals surface area contributed by atoms with Crippen molar-refractivity contribution in [3.63, 3.8) is 0 Å². The largest absolute Gasteiger partial charge is 0.511 e. The summed E-state index contributed by atoms with van der Waals surface area (Å²) >= 11 is 0. The molecule has 0 saturated carbocycles. The molecule has 2 rings (SSSR count). The first-order chi connectivity index (χ1) is 10.8. The van der Waals surface area contributed by atoms with Crippen LogP contribution in [0.1, 0.15) is 60.8 Å². The van der Waals surface area contributed by atoms with E-state index in [1.165, 1.54) is 0 Å². The third kappa shape index (κ3) is 3.16. The Balaban J connectivity index is 2.42. The van der Waals surface area contributed by atoms with Crippen LogP contribution in [0.4, 0.5) is 5.69 Å². The fourth-order valence-corrected chi connectivity index (χ4v) is 3.61. The van der Waals surface area contributed by atoms with E-state index in [0.29, 0.717) is 19.3 Å². The molecule has 4 nitrogen and oxygen atoms in total. The molecule has 23 heavy (non-hydrogen) atoms. The van der Waals surface area contributed by atoms with Gasteiger partial charge in [0.2, 0.25) is 0 Å². The van der Waals surface area contributed by atoms with Gasteiger partial charge in [-0.15, -0.1) is 0 Å². The smallest absolute Gasteiger partial charge is 0.170 e. The molecule has 0 radical (unpaired) electrons. The van der Waals surface area contributed by atoms with Gasteiger partial charge in [0, 0.05) is 24.9 Å². The number of anilines is 1. The highest BCUT2D eigenvalue weighted by molar-refractivity contribution is 6.21. The maximum absolute atomic E-state index is 12.4. The molecule has 0 aliphatic heterocycles. The van der Waals surface area contributed by atoms with Gasteiger partial charge >= 0.3 is 0 Å². The number of nitrogen functional groups attached to an aromatic ring is 1. The van der Waals surface area contributed by atoms with Crippen LogP contribution in [-0.4, -0.2) is 16.7 Å². The number of benzene rings is 1. The molecule has 3 N–H and O–H groups in total. The first-order valence-electron chi connectivity index (χ1n) is 8.12. The van der Waals surface area contributed by atoms with Gasteiger partial charge in [-0.25, -0.2) is 0 Å². The molecule has 1 aromatic rings. The van der Waals surface area contributed by atoms with Crippen molar-refractivity contribution in [3.8, 4) is 0 Å². The highest BCUT2D eigenvalue weighted by Gasteiger charge is 2.33. The second kappa shape index (κ2) is 6.57. The molecule has 0 fully saturated rings. The van der Waals surface area contributed by atoms with E-state index in [4.69, 9.17) is 5.73 Å². The number of nitrogens with two attached hydrogens (primary N) is 1. The summed E-state index contributed by atoms with van der Waals surface area (Å²) < 4.78 is 0. The Morgan fingerprint density at radius 2 is 1.91 bits per heavy atom. The molecule has 0 heterocycles. The lowest BCUT2D eigenvalue weighted by atomic mass is 9.77. The van der Waals surface area contributed by atoms with E-state index in [9.17, 15) is 14.7 Å². The number of rotatable bonds is 4. The quantitative estimate of drug-likeness (QED) is 0.654. The Hall–Kier alpha value is -2.10. The second-order valence-electron chi connectivity index (χ2n) is 6.49. The molecule has 4 heteroatoms. The fraction of sp³-hybridized carbons (Fsp3) is 0.474. The topological polar surface area (TPSA) is 80.4 Å². The van der Waals surface area contributed by atoms with Crippen molar-refractivity contribution in [2.24, 2.45) is 0 Å². The van der Waals surface area contributed by atoms with Gasteiger partial charge < -0.3 is 10.8 Å². The number of carbonyl (C=O) groups excluding carboxylic acids is 2. The Bertz CT molecular complexity index is 701. The number of carbonyl (C=O) groups is 2. The van der Waals surface area contributed by atoms with E-state index in [2.05, 4.69) is 0 Å². The average Bonchev–Trinajstić information content (AvgIpc) is 2.44. The highest BCUT2D eigenvalue weighted by Crippen LogP contribution is 2.39. The third-order valence-electron chi connectivity index (χ3n) is 4.69. The summed E-state index contributed by atoms with van der Waals surface area (Å²) in [4.78, 5) is 24.4. The molecule has 1 atom stereocenters.